The van der Waals surface area contributed by atoms with Crippen molar-refractivity contribution < 1.29 is 22.7 Å². The van der Waals surface area contributed by atoms with Crippen molar-refractivity contribution >= 4 is 27.3 Å². The van der Waals surface area contributed by atoms with Crippen LogP contribution in [0.25, 0.3) is 0 Å². The maximum atomic E-state index is 12.5. The molecule has 8 heteroatoms. The number of nitrogens with zero attached hydrogens (tertiary/aromatic N) is 1. The van der Waals surface area contributed by atoms with Gasteiger partial charge in [0.25, 0.3) is 5.91 Å². The Balaban J connectivity index is 1.81. The van der Waals surface area contributed by atoms with E-state index in [2.05, 4.69) is 5.32 Å². The van der Waals surface area contributed by atoms with E-state index in [1.807, 2.05) is 0 Å². The monoisotopic (exact) mass is 362 g/mol. The first-order valence-corrected chi connectivity index (χ1v) is 9.41. The molecule has 1 aliphatic rings. The van der Waals surface area contributed by atoms with Gasteiger partial charge in [-0.15, -0.1) is 0 Å². The molecule has 3 rings (SSSR count). The summed E-state index contributed by atoms with van der Waals surface area (Å²) in [6, 6.07) is 13.6. The number of sulfonamides is 1. The highest BCUT2D eigenvalue weighted by molar-refractivity contribution is 7.92. The predicted molar refractivity (Wildman–Crippen MR) is 94.7 cm³/mol. The molecule has 0 saturated carbocycles. The quantitative estimate of drug-likeness (QED) is 0.897. The maximum absolute atomic E-state index is 12.5. The molecule has 0 saturated heterocycles. The largest absolute Gasteiger partial charge is 0.497 e. The number of benzene rings is 2. The zero-order valence-electron chi connectivity index (χ0n) is 13.8. The van der Waals surface area contributed by atoms with Gasteiger partial charge in [0.15, 0.2) is 6.10 Å². The summed E-state index contributed by atoms with van der Waals surface area (Å²) < 4.78 is 36.1. The van der Waals surface area contributed by atoms with Crippen LogP contribution in [-0.4, -0.2) is 40.3 Å². The molecule has 7 nitrogen and oxygen atoms in total. The molecule has 0 spiro atoms. The van der Waals surface area contributed by atoms with Crippen LogP contribution in [0.5, 0.6) is 11.5 Å². The molecule has 0 aliphatic carbocycles. The molecule has 25 heavy (non-hydrogen) atoms. The molecule has 0 fully saturated rings. The first-order valence-electron chi connectivity index (χ1n) is 7.57. The first-order chi connectivity index (χ1) is 11.9. The zero-order valence-corrected chi connectivity index (χ0v) is 14.6. The minimum Gasteiger partial charge on any atom is -0.497 e. The van der Waals surface area contributed by atoms with Crippen molar-refractivity contribution in [1.29, 1.82) is 0 Å². The lowest BCUT2D eigenvalue weighted by molar-refractivity contribution is -0.122. The van der Waals surface area contributed by atoms with E-state index in [4.69, 9.17) is 9.47 Å². The molecular weight excluding hydrogens is 344 g/mol. The van der Waals surface area contributed by atoms with Gasteiger partial charge in [0.1, 0.15) is 11.5 Å². The van der Waals surface area contributed by atoms with Crippen LogP contribution < -0.4 is 19.1 Å². The van der Waals surface area contributed by atoms with Gasteiger partial charge >= 0.3 is 0 Å². The maximum Gasteiger partial charge on any atom is 0.267 e. The van der Waals surface area contributed by atoms with Gasteiger partial charge in [-0.25, -0.2) is 8.42 Å². The van der Waals surface area contributed by atoms with Crippen molar-refractivity contribution in [3.05, 3.63) is 48.5 Å². The van der Waals surface area contributed by atoms with E-state index >= 15 is 0 Å². The summed E-state index contributed by atoms with van der Waals surface area (Å²) in [5.74, 6) is 0.603. The molecule has 1 atom stereocenters. The number of carbonyl (C=O) groups excluding carboxylic acids is 1. The van der Waals surface area contributed by atoms with Crippen LogP contribution >= 0.6 is 0 Å². The van der Waals surface area contributed by atoms with Gasteiger partial charge in [0, 0.05) is 5.69 Å². The second-order valence-electron chi connectivity index (χ2n) is 5.59. The summed E-state index contributed by atoms with van der Waals surface area (Å²) in [5.41, 5.74) is 0.998. The fraction of sp³-hybridized carbons (Fsp3) is 0.235. The van der Waals surface area contributed by atoms with Gasteiger partial charge in [-0.05, 0) is 36.4 Å². The van der Waals surface area contributed by atoms with E-state index < -0.39 is 22.0 Å². The Hall–Kier alpha value is -2.74. The lowest BCUT2D eigenvalue weighted by Gasteiger charge is -2.33. The van der Waals surface area contributed by atoms with E-state index in [9.17, 15) is 13.2 Å². The molecule has 1 N–H and O–H groups in total. The number of methoxy groups -OCH3 is 1. The Bertz CT molecular complexity index is 880. The number of anilines is 2. The lowest BCUT2D eigenvalue weighted by Crippen LogP contribution is -2.48. The van der Waals surface area contributed by atoms with Crippen LogP contribution in [0.3, 0.4) is 0 Å². The lowest BCUT2D eigenvalue weighted by atomic mass is 10.2. The molecule has 2 aromatic rings. The minimum absolute atomic E-state index is 0.0855. The van der Waals surface area contributed by atoms with Crippen LogP contribution in [0, 0.1) is 0 Å². The Morgan fingerprint density at radius 2 is 1.88 bits per heavy atom. The van der Waals surface area contributed by atoms with Gasteiger partial charge < -0.3 is 14.8 Å². The van der Waals surface area contributed by atoms with Crippen molar-refractivity contribution in [2.75, 3.05) is 29.5 Å². The highest BCUT2D eigenvalue weighted by Crippen LogP contribution is 2.34. The molecule has 1 heterocycles. The third kappa shape index (κ3) is 3.69. The molecule has 1 amide bonds. The minimum atomic E-state index is -3.53. The number of amides is 1. The predicted octanol–water partition coefficient (Wildman–Crippen LogP) is 1.86. The Labute approximate surface area is 146 Å². The Kier molecular flexibility index (Phi) is 4.54. The second kappa shape index (κ2) is 6.64. The Morgan fingerprint density at radius 1 is 1.20 bits per heavy atom. The van der Waals surface area contributed by atoms with Gasteiger partial charge in [-0.2, -0.15) is 0 Å². The molecule has 0 bridgehead atoms. The molecule has 0 unspecified atom stereocenters. The van der Waals surface area contributed by atoms with Crippen molar-refractivity contribution in [3.8, 4) is 11.5 Å². The number of nitrogens with one attached hydrogen (secondary N) is 1. The summed E-state index contributed by atoms with van der Waals surface area (Å²) in [7, 11) is -1.97. The van der Waals surface area contributed by atoms with E-state index in [0.29, 0.717) is 22.9 Å². The van der Waals surface area contributed by atoms with Gasteiger partial charge in [-0.1, -0.05) is 12.1 Å². The van der Waals surface area contributed by atoms with Crippen molar-refractivity contribution in [2.45, 2.75) is 6.10 Å². The van der Waals surface area contributed by atoms with Crippen LogP contribution in [0.15, 0.2) is 48.5 Å². The molecule has 2 aromatic carbocycles. The Morgan fingerprint density at radius 3 is 2.52 bits per heavy atom. The SMILES string of the molecule is COc1ccc(NC(=O)[C@@H]2CN(S(C)(=O)=O)c3ccccc3O2)cc1. The number of rotatable bonds is 4. The average molecular weight is 362 g/mol. The van der Waals surface area contributed by atoms with Crippen LogP contribution in [-0.2, 0) is 14.8 Å². The van der Waals surface area contributed by atoms with E-state index in [-0.39, 0.29) is 6.54 Å². The number of ether oxygens (including phenoxy) is 2. The van der Waals surface area contributed by atoms with Gasteiger partial charge in [0.2, 0.25) is 10.0 Å². The normalized spacial score (nSPS) is 16.6. The molecule has 0 radical (unpaired) electrons. The zero-order chi connectivity index (χ0) is 18.0. The molecule has 0 aromatic heterocycles. The fourth-order valence-corrected chi connectivity index (χ4v) is 3.46. The molecular formula is C17H18N2O5S. The van der Waals surface area contributed by atoms with Gasteiger partial charge in [-0.3, -0.25) is 9.10 Å². The van der Waals surface area contributed by atoms with Crippen molar-refractivity contribution in [1.82, 2.24) is 0 Å². The first kappa shape index (κ1) is 17.1. The van der Waals surface area contributed by atoms with E-state index in [1.54, 1.807) is 55.6 Å². The topological polar surface area (TPSA) is 84.9 Å². The van der Waals surface area contributed by atoms with Crippen LogP contribution in [0.1, 0.15) is 0 Å². The highest BCUT2D eigenvalue weighted by atomic mass is 32.2. The fourth-order valence-electron chi connectivity index (χ4n) is 2.55. The van der Waals surface area contributed by atoms with Crippen molar-refractivity contribution in [2.24, 2.45) is 0 Å². The standard InChI is InChI=1S/C17H18N2O5S/c1-23-13-9-7-12(8-10-13)18-17(20)16-11-19(25(2,21)22)14-5-3-4-6-15(14)24-16/h3-10,16H,11H2,1-2H3,(H,18,20)/t16-/m0/s1. The van der Waals surface area contributed by atoms with E-state index in [0.717, 1.165) is 6.26 Å². The van der Waals surface area contributed by atoms with Crippen LogP contribution in [0.2, 0.25) is 0 Å². The summed E-state index contributed by atoms with van der Waals surface area (Å²) in [4.78, 5) is 12.5. The number of carbonyl (C=O) groups is 1. The van der Waals surface area contributed by atoms with E-state index in [1.165, 1.54) is 4.31 Å². The van der Waals surface area contributed by atoms with Crippen LogP contribution in [0.4, 0.5) is 11.4 Å². The smallest absolute Gasteiger partial charge is 0.267 e. The van der Waals surface area contributed by atoms with Gasteiger partial charge in [0.05, 0.1) is 25.6 Å². The third-order valence-electron chi connectivity index (χ3n) is 3.79. The average Bonchev–Trinajstić information content (AvgIpc) is 2.60. The second-order valence-corrected chi connectivity index (χ2v) is 7.49. The number of hydrogen-bond acceptors (Lipinski definition) is 5. The number of hydrogen-bond donors (Lipinski definition) is 1. The summed E-state index contributed by atoms with van der Waals surface area (Å²) >= 11 is 0. The summed E-state index contributed by atoms with van der Waals surface area (Å²) in [5, 5.41) is 2.72. The number of fused-ring (bicyclic) bond motifs is 1. The van der Waals surface area contributed by atoms with Crippen molar-refractivity contribution in [3.63, 3.8) is 0 Å². The summed E-state index contributed by atoms with van der Waals surface area (Å²) in [6.07, 6.45) is 0.153. The number of para-hydroxylation sites is 2. The highest BCUT2D eigenvalue weighted by Gasteiger charge is 2.34. The summed E-state index contributed by atoms with van der Waals surface area (Å²) in [6.45, 7) is -0.0855. The molecule has 1 aliphatic heterocycles. The third-order valence-corrected chi connectivity index (χ3v) is 4.93. The molecule has 132 valence electrons.